The number of rotatable bonds is 6. The molecule has 1 atom stereocenters. The van der Waals surface area contributed by atoms with Crippen LogP contribution < -0.4 is 0 Å². The van der Waals surface area contributed by atoms with Gasteiger partial charge in [0.25, 0.3) is 0 Å². The molecule has 160 valence electrons. The number of hydrogen-bond acceptors (Lipinski definition) is 5. The molecule has 2 heterocycles. The van der Waals surface area contributed by atoms with Crippen LogP contribution in [-0.4, -0.2) is 91.7 Å². The lowest BCUT2D eigenvalue weighted by Crippen LogP contribution is -2.53. The Morgan fingerprint density at radius 1 is 1.10 bits per heavy atom. The van der Waals surface area contributed by atoms with Crippen molar-refractivity contribution in [3.05, 3.63) is 35.4 Å². The molecule has 2 fully saturated rings. The Bertz CT molecular complexity index is 830. The number of sulfone groups is 1. The normalized spacial score (nSPS) is 21.9. The van der Waals surface area contributed by atoms with E-state index in [1.165, 1.54) is 5.56 Å². The van der Waals surface area contributed by atoms with Crippen LogP contribution >= 0.6 is 0 Å². The zero-order valence-corrected chi connectivity index (χ0v) is 18.2. The molecule has 3 rings (SSSR count). The van der Waals surface area contributed by atoms with E-state index in [-0.39, 0.29) is 35.9 Å². The van der Waals surface area contributed by atoms with Gasteiger partial charge in [-0.15, -0.1) is 0 Å². The van der Waals surface area contributed by atoms with E-state index < -0.39 is 9.84 Å². The van der Waals surface area contributed by atoms with Crippen molar-refractivity contribution in [3.8, 4) is 0 Å². The molecular weight excluding hydrogens is 390 g/mol. The summed E-state index contributed by atoms with van der Waals surface area (Å²) in [6.07, 6.45) is 0.933. The minimum Gasteiger partial charge on any atom is -0.340 e. The molecule has 0 saturated carbocycles. The summed E-state index contributed by atoms with van der Waals surface area (Å²) in [4.78, 5) is 30.9. The Hall–Kier alpha value is -1.93. The van der Waals surface area contributed by atoms with E-state index >= 15 is 0 Å². The Morgan fingerprint density at radius 2 is 1.76 bits per heavy atom. The van der Waals surface area contributed by atoms with Gasteiger partial charge in [-0.3, -0.25) is 14.5 Å². The number of likely N-dealkylation sites (N-methyl/N-ethyl adjacent to an activating group) is 1. The number of amides is 2. The summed E-state index contributed by atoms with van der Waals surface area (Å²) in [6.45, 7) is 7.27. The highest BCUT2D eigenvalue weighted by molar-refractivity contribution is 7.91. The third-order valence-electron chi connectivity index (χ3n) is 5.87. The molecule has 0 aromatic heterocycles. The predicted molar refractivity (Wildman–Crippen MR) is 112 cm³/mol. The first-order valence-electron chi connectivity index (χ1n) is 10.3. The minimum absolute atomic E-state index is 0.0194. The maximum Gasteiger partial charge on any atom is 0.237 e. The molecule has 2 saturated heterocycles. The van der Waals surface area contributed by atoms with Crippen molar-refractivity contribution < 1.29 is 18.0 Å². The van der Waals surface area contributed by atoms with Crippen molar-refractivity contribution in [1.29, 1.82) is 0 Å². The van der Waals surface area contributed by atoms with Crippen molar-refractivity contribution in [2.24, 2.45) is 0 Å². The fourth-order valence-electron chi connectivity index (χ4n) is 4.09. The molecule has 1 aromatic rings. The van der Waals surface area contributed by atoms with Gasteiger partial charge in [0, 0.05) is 38.8 Å². The minimum atomic E-state index is -3.01. The van der Waals surface area contributed by atoms with Gasteiger partial charge in [-0.2, -0.15) is 0 Å². The fraction of sp³-hybridized carbons (Fsp3) is 0.619. The largest absolute Gasteiger partial charge is 0.340 e. The van der Waals surface area contributed by atoms with Crippen molar-refractivity contribution in [3.63, 3.8) is 0 Å². The van der Waals surface area contributed by atoms with Crippen molar-refractivity contribution in [2.45, 2.75) is 32.7 Å². The summed E-state index contributed by atoms with van der Waals surface area (Å²) >= 11 is 0. The zero-order chi connectivity index (χ0) is 21.0. The molecule has 0 aliphatic carbocycles. The first-order valence-corrected chi connectivity index (χ1v) is 12.1. The lowest BCUT2D eigenvalue weighted by atomic mass is 10.1. The molecule has 8 heteroatoms. The molecule has 1 aromatic carbocycles. The number of benzene rings is 1. The van der Waals surface area contributed by atoms with E-state index in [4.69, 9.17) is 0 Å². The maximum atomic E-state index is 12.7. The van der Waals surface area contributed by atoms with E-state index in [0.29, 0.717) is 45.6 Å². The Morgan fingerprint density at radius 3 is 2.31 bits per heavy atom. The van der Waals surface area contributed by atoms with Gasteiger partial charge in [0.05, 0.1) is 24.5 Å². The van der Waals surface area contributed by atoms with Crippen LogP contribution in [0.1, 0.15) is 24.5 Å². The van der Waals surface area contributed by atoms with Gasteiger partial charge in [0.15, 0.2) is 9.84 Å². The van der Waals surface area contributed by atoms with E-state index in [0.717, 1.165) is 5.56 Å². The number of carbonyl (C=O) groups excluding carboxylic acids is 2. The third kappa shape index (κ3) is 5.79. The second kappa shape index (κ2) is 9.26. The van der Waals surface area contributed by atoms with Gasteiger partial charge in [-0.05, 0) is 25.8 Å². The van der Waals surface area contributed by atoms with Gasteiger partial charge in [-0.25, -0.2) is 8.42 Å². The van der Waals surface area contributed by atoms with Crippen LogP contribution in [0.4, 0.5) is 0 Å². The van der Waals surface area contributed by atoms with Crippen LogP contribution in [0.3, 0.4) is 0 Å². The quantitative estimate of drug-likeness (QED) is 0.676. The second-order valence-corrected chi connectivity index (χ2v) is 10.3. The van der Waals surface area contributed by atoms with Crippen LogP contribution in [0.15, 0.2) is 24.3 Å². The zero-order valence-electron chi connectivity index (χ0n) is 17.3. The summed E-state index contributed by atoms with van der Waals surface area (Å²) in [6, 6.07) is 7.81. The molecule has 29 heavy (non-hydrogen) atoms. The number of aryl methyl sites for hydroxylation is 1. The molecule has 7 nitrogen and oxygen atoms in total. The summed E-state index contributed by atoms with van der Waals surface area (Å²) in [5.74, 6) is 0.345. The highest BCUT2D eigenvalue weighted by Gasteiger charge is 2.34. The molecule has 0 bridgehead atoms. The fourth-order valence-corrected chi connectivity index (χ4v) is 5.82. The van der Waals surface area contributed by atoms with Gasteiger partial charge in [0.2, 0.25) is 11.8 Å². The average molecular weight is 422 g/mol. The van der Waals surface area contributed by atoms with Crippen molar-refractivity contribution >= 4 is 21.7 Å². The summed E-state index contributed by atoms with van der Waals surface area (Å²) in [7, 11) is -3.01. The monoisotopic (exact) mass is 421 g/mol. The molecule has 2 amide bonds. The molecule has 1 unspecified atom stereocenters. The smallest absolute Gasteiger partial charge is 0.237 e. The third-order valence-corrected chi connectivity index (χ3v) is 7.62. The number of hydrogen-bond donors (Lipinski definition) is 0. The van der Waals surface area contributed by atoms with Gasteiger partial charge in [-0.1, -0.05) is 29.8 Å². The molecule has 0 N–H and O–H groups in total. The van der Waals surface area contributed by atoms with E-state index in [2.05, 4.69) is 4.90 Å². The Kier molecular flexibility index (Phi) is 6.95. The van der Waals surface area contributed by atoms with E-state index in [1.807, 2.05) is 43.0 Å². The van der Waals surface area contributed by atoms with Crippen LogP contribution in [0, 0.1) is 6.92 Å². The van der Waals surface area contributed by atoms with Crippen molar-refractivity contribution in [2.75, 3.05) is 50.8 Å². The van der Waals surface area contributed by atoms with Crippen LogP contribution in [0.5, 0.6) is 0 Å². The SMILES string of the molecule is CCN(C(=O)CN1CCN(C(=O)Cc2ccc(C)cc2)CC1)C1CCS(=O)(=O)C1. The first-order chi connectivity index (χ1) is 13.8. The summed E-state index contributed by atoms with van der Waals surface area (Å²) < 4.78 is 23.5. The standard InChI is InChI=1S/C21H31N3O4S/c1-3-24(19-8-13-29(27,28)16-19)21(26)15-22-9-11-23(12-10-22)20(25)14-18-6-4-17(2)5-7-18/h4-7,19H,3,8-16H2,1-2H3. The van der Waals surface area contributed by atoms with Crippen LogP contribution in [0.25, 0.3) is 0 Å². The molecule has 0 spiro atoms. The highest BCUT2D eigenvalue weighted by Crippen LogP contribution is 2.18. The maximum absolute atomic E-state index is 12.7. The van der Waals surface area contributed by atoms with Gasteiger partial charge in [0.1, 0.15) is 0 Å². The van der Waals surface area contributed by atoms with Gasteiger partial charge >= 0.3 is 0 Å². The van der Waals surface area contributed by atoms with Crippen LogP contribution in [0.2, 0.25) is 0 Å². The Balaban J connectivity index is 1.46. The molecule has 2 aliphatic heterocycles. The second-order valence-electron chi connectivity index (χ2n) is 8.06. The molecular formula is C21H31N3O4S. The average Bonchev–Trinajstić information content (AvgIpc) is 3.04. The topological polar surface area (TPSA) is 78.0 Å². The number of piperazine rings is 1. The van der Waals surface area contributed by atoms with E-state index in [9.17, 15) is 18.0 Å². The van der Waals surface area contributed by atoms with E-state index in [1.54, 1.807) is 4.90 Å². The number of carbonyl (C=O) groups is 2. The molecule has 0 radical (unpaired) electrons. The Labute approximate surface area is 173 Å². The van der Waals surface area contributed by atoms with Crippen LogP contribution in [-0.2, 0) is 25.8 Å². The van der Waals surface area contributed by atoms with Gasteiger partial charge < -0.3 is 9.80 Å². The predicted octanol–water partition coefficient (Wildman–Crippen LogP) is 0.717. The lowest BCUT2D eigenvalue weighted by molar-refractivity contribution is -0.135. The van der Waals surface area contributed by atoms with Crippen molar-refractivity contribution in [1.82, 2.24) is 14.7 Å². The summed E-state index contributed by atoms with van der Waals surface area (Å²) in [5, 5.41) is 0. The lowest BCUT2D eigenvalue weighted by Gasteiger charge is -2.36. The molecule has 2 aliphatic rings. The number of nitrogens with zero attached hydrogens (tertiary/aromatic N) is 3. The highest BCUT2D eigenvalue weighted by atomic mass is 32.2. The first kappa shape index (κ1) is 21.8. The summed E-state index contributed by atoms with van der Waals surface area (Å²) in [5.41, 5.74) is 2.19.